The Morgan fingerprint density at radius 2 is 1.74 bits per heavy atom. The van der Waals surface area contributed by atoms with E-state index in [4.69, 9.17) is 11.6 Å². The summed E-state index contributed by atoms with van der Waals surface area (Å²) in [6.45, 7) is 0. The topological polar surface area (TPSA) is 34.1 Å². The third-order valence-corrected chi connectivity index (χ3v) is 3.73. The Balaban J connectivity index is 2.04. The number of hydrogen-bond acceptors (Lipinski definition) is 2. The fourth-order valence-corrected chi connectivity index (χ4v) is 2.70. The van der Waals surface area contributed by atoms with Gasteiger partial charge >= 0.3 is 0 Å². The van der Waals surface area contributed by atoms with Crippen molar-refractivity contribution in [3.8, 4) is 11.1 Å². The first kappa shape index (κ1) is 12.1. The van der Waals surface area contributed by atoms with Crippen LogP contribution in [0.15, 0.2) is 42.5 Å². The van der Waals surface area contributed by atoms with E-state index in [0.29, 0.717) is 0 Å². The second-order valence-electron chi connectivity index (χ2n) is 4.65. The zero-order chi connectivity index (χ0) is 13.4. The highest BCUT2D eigenvalue weighted by molar-refractivity contribution is 6.81. The van der Waals surface area contributed by atoms with E-state index >= 15 is 0 Å². The number of carbonyl (C=O) groups is 2. The van der Waals surface area contributed by atoms with Gasteiger partial charge in [0.05, 0.1) is 0 Å². The fraction of sp³-hybridized carbons (Fsp3) is 0.125. The van der Waals surface area contributed by atoms with Crippen molar-refractivity contribution in [2.24, 2.45) is 0 Å². The van der Waals surface area contributed by atoms with Gasteiger partial charge in [0.25, 0.3) is 5.24 Å². The predicted molar refractivity (Wildman–Crippen MR) is 74.3 cm³/mol. The van der Waals surface area contributed by atoms with Crippen LogP contribution in [0, 0.1) is 0 Å². The van der Waals surface area contributed by atoms with Gasteiger partial charge < -0.3 is 0 Å². The molecule has 0 radical (unpaired) electrons. The van der Waals surface area contributed by atoms with E-state index in [0.717, 1.165) is 23.1 Å². The maximum Gasteiger partial charge on any atom is 0.288 e. The molecule has 0 saturated heterocycles. The smallest absolute Gasteiger partial charge is 0.288 e. The van der Waals surface area contributed by atoms with Crippen molar-refractivity contribution in [2.45, 2.75) is 12.8 Å². The lowest BCUT2D eigenvalue weighted by atomic mass is 9.98. The lowest BCUT2D eigenvalue weighted by Gasteiger charge is -2.06. The van der Waals surface area contributed by atoms with Crippen LogP contribution in [0.25, 0.3) is 11.1 Å². The van der Waals surface area contributed by atoms with Crippen LogP contribution in [0.1, 0.15) is 16.7 Å². The number of rotatable bonds is 3. The molecule has 2 aromatic rings. The van der Waals surface area contributed by atoms with Crippen LogP contribution in [0.2, 0.25) is 0 Å². The van der Waals surface area contributed by atoms with Crippen molar-refractivity contribution < 1.29 is 9.59 Å². The van der Waals surface area contributed by atoms with Gasteiger partial charge in [0.2, 0.25) is 5.78 Å². The maximum atomic E-state index is 11.5. The van der Waals surface area contributed by atoms with E-state index in [1.807, 2.05) is 24.3 Å². The Bertz CT molecular complexity index is 689. The van der Waals surface area contributed by atoms with Gasteiger partial charge in [-0.25, -0.2) is 0 Å². The van der Waals surface area contributed by atoms with Gasteiger partial charge in [-0.15, -0.1) is 0 Å². The van der Waals surface area contributed by atoms with Gasteiger partial charge in [0.1, 0.15) is 0 Å². The molecule has 0 N–H and O–H groups in total. The molecule has 0 heterocycles. The summed E-state index contributed by atoms with van der Waals surface area (Å²) >= 11 is 5.23. The molecule has 0 fully saturated rings. The number of Topliss-reactive ketones (excluding diaryl/α,β-unsaturated/α-hetero) is 1. The van der Waals surface area contributed by atoms with E-state index in [9.17, 15) is 9.59 Å². The van der Waals surface area contributed by atoms with Crippen LogP contribution in [0.3, 0.4) is 0 Å². The minimum atomic E-state index is -0.895. The van der Waals surface area contributed by atoms with E-state index < -0.39 is 11.0 Å². The molecule has 1 aliphatic carbocycles. The summed E-state index contributed by atoms with van der Waals surface area (Å²) in [5.74, 6) is -0.550. The summed E-state index contributed by atoms with van der Waals surface area (Å²) in [4.78, 5) is 22.4. The second-order valence-corrected chi connectivity index (χ2v) is 4.99. The highest BCUT2D eigenvalue weighted by atomic mass is 35.5. The number of benzene rings is 2. The van der Waals surface area contributed by atoms with Crippen molar-refractivity contribution in [3.63, 3.8) is 0 Å². The van der Waals surface area contributed by atoms with Crippen LogP contribution in [0.4, 0.5) is 0 Å². The molecule has 0 bridgehead atoms. The van der Waals surface area contributed by atoms with Crippen LogP contribution < -0.4 is 0 Å². The van der Waals surface area contributed by atoms with Crippen molar-refractivity contribution in [2.75, 3.05) is 0 Å². The average Bonchev–Trinajstić information content (AvgIpc) is 2.78. The molecule has 0 unspecified atom stereocenters. The lowest BCUT2D eigenvalue weighted by Crippen LogP contribution is -2.11. The summed E-state index contributed by atoms with van der Waals surface area (Å²) in [6.07, 6.45) is 0.894. The molecule has 0 saturated carbocycles. The van der Waals surface area contributed by atoms with Gasteiger partial charge in [-0.3, -0.25) is 9.59 Å². The number of fused-ring (bicyclic) bond motifs is 3. The molecule has 94 valence electrons. The Morgan fingerprint density at radius 3 is 2.53 bits per heavy atom. The van der Waals surface area contributed by atoms with Crippen LogP contribution in [-0.2, 0) is 22.4 Å². The monoisotopic (exact) mass is 270 g/mol. The molecule has 3 heteroatoms. The molecular formula is C16H11ClO2. The minimum absolute atomic E-state index is 0.0828. The number of ketones is 1. The third kappa shape index (κ3) is 2.08. The van der Waals surface area contributed by atoms with Crippen molar-refractivity contribution in [1.29, 1.82) is 0 Å². The number of carbonyl (C=O) groups excluding carboxylic acids is 2. The van der Waals surface area contributed by atoms with Gasteiger partial charge in [-0.2, -0.15) is 0 Å². The largest absolute Gasteiger partial charge is 0.289 e. The van der Waals surface area contributed by atoms with Gasteiger partial charge in [-0.05, 0) is 45.8 Å². The summed E-state index contributed by atoms with van der Waals surface area (Å²) in [6, 6.07) is 14.1. The predicted octanol–water partition coefficient (Wildman–Crippen LogP) is 3.13. The minimum Gasteiger partial charge on any atom is -0.289 e. The van der Waals surface area contributed by atoms with Crippen molar-refractivity contribution in [1.82, 2.24) is 0 Å². The van der Waals surface area contributed by atoms with Crippen LogP contribution >= 0.6 is 11.6 Å². The lowest BCUT2D eigenvalue weighted by molar-refractivity contribution is -0.131. The number of hydrogen-bond donors (Lipinski definition) is 0. The van der Waals surface area contributed by atoms with E-state index in [2.05, 4.69) is 18.2 Å². The first-order valence-corrected chi connectivity index (χ1v) is 6.46. The van der Waals surface area contributed by atoms with Crippen molar-refractivity contribution >= 4 is 22.6 Å². The second kappa shape index (κ2) is 4.63. The van der Waals surface area contributed by atoms with Crippen LogP contribution in [0.5, 0.6) is 0 Å². The average molecular weight is 271 g/mol. The first-order valence-electron chi connectivity index (χ1n) is 6.08. The van der Waals surface area contributed by atoms with Gasteiger partial charge in [-0.1, -0.05) is 42.5 Å². The maximum absolute atomic E-state index is 11.5. The Kier molecular flexibility index (Phi) is 2.96. The SMILES string of the molecule is O=C(Cl)C(=O)Cc1cccc2c1Cc1ccccc1-2. The van der Waals surface area contributed by atoms with E-state index in [1.54, 1.807) is 0 Å². The molecule has 19 heavy (non-hydrogen) atoms. The molecule has 0 atom stereocenters. The molecule has 1 aliphatic rings. The molecule has 0 aromatic heterocycles. The van der Waals surface area contributed by atoms with Gasteiger partial charge in [0, 0.05) is 6.42 Å². The van der Waals surface area contributed by atoms with Crippen molar-refractivity contribution in [3.05, 3.63) is 59.2 Å². The van der Waals surface area contributed by atoms with E-state index in [1.165, 1.54) is 11.1 Å². The number of halogens is 1. The molecule has 0 aliphatic heterocycles. The Morgan fingerprint density at radius 1 is 1.00 bits per heavy atom. The molecule has 0 amide bonds. The Hall–Kier alpha value is -1.93. The zero-order valence-corrected chi connectivity index (χ0v) is 10.9. The zero-order valence-electron chi connectivity index (χ0n) is 10.2. The molecular weight excluding hydrogens is 260 g/mol. The molecule has 2 nitrogen and oxygen atoms in total. The third-order valence-electron chi connectivity index (χ3n) is 3.52. The molecule has 0 spiro atoms. The standard InChI is InChI=1S/C16H11ClO2/c17-16(19)15(18)9-11-5-3-7-13-12-6-2-1-4-10(12)8-14(11)13/h1-7H,8-9H2. The van der Waals surface area contributed by atoms with E-state index in [-0.39, 0.29) is 6.42 Å². The fourth-order valence-electron chi connectivity index (χ4n) is 2.63. The van der Waals surface area contributed by atoms with Gasteiger partial charge in [0.15, 0.2) is 0 Å². The summed E-state index contributed by atoms with van der Waals surface area (Å²) in [5.41, 5.74) is 5.66. The van der Waals surface area contributed by atoms with Crippen LogP contribution in [-0.4, -0.2) is 11.0 Å². The first-order chi connectivity index (χ1) is 9.16. The summed E-state index contributed by atoms with van der Waals surface area (Å²) < 4.78 is 0. The molecule has 2 aromatic carbocycles. The quantitative estimate of drug-likeness (QED) is 0.541. The normalized spacial score (nSPS) is 11.8. The highest BCUT2D eigenvalue weighted by Crippen LogP contribution is 2.38. The summed E-state index contributed by atoms with van der Waals surface area (Å²) in [5, 5.41) is -0.895. The highest BCUT2D eigenvalue weighted by Gasteiger charge is 2.22. The Labute approximate surface area is 116 Å². The molecule has 3 rings (SSSR count). The summed E-state index contributed by atoms with van der Waals surface area (Å²) in [7, 11) is 0.